The van der Waals surface area contributed by atoms with Crippen molar-refractivity contribution >= 4 is 25.3 Å². The highest BCUT2D eigenvalue weighted by Gasteiger charge is 2.57. The molecule has 0 spiro atoms. The fourth-order valence-corrected chi connectivity index (χ4v) is 4.45. The van der Waals surface area contributed by atoms with Crippen molar-refractivity contribution in [2.24, 2.45) is 17.8 Å². The number of likely N-dealkylation sites (tertiary alicyclic amines) is 1. The second kappa shape index (κ2) is 7.80. The maximum atomic E-state index is 12.8. The Hall–Kier alpha value is -1.98. The second-order valence-corrected chi connectivity index (χ2v) is 9.21. The van der Waals surface area contributed by atoms with E-state index in [4.69, 9.17) is 7.85 Å². The van der Waals surface area contributed by atoms with Crippen LogP contribution in [-0.2, 0) is 14.9 Å². The third-order valence-electron chi connectivity index (χ3n) is 6.25. The van der Waals surface area contributed by atoms with Gasteiger partial charge in [0, 0.05) is 19.6 Å². The number of methoxy groups -OCH3 is 1. The van der Waals surface area contributed by atoms with Crippen molar-refractivity contribution in [2.75, 3.05) is 26.7 Å². The van der Waals surface area contributed by atoms with Crippen LogP contribution in [0.25, 0.3) is 0 Å². The van der Waals surface area contributed by atoms with Gasteiger partial charge in [0.1, 0.15) is 7.85 Å². The fourth-order valence-electron chi connectivity index (χ4n) is 4.45. The average molecular weight is 382 g/mol. The van der Waals surface area contributed by atoms with Gasteiger partial charge >= 0.3 is 6.09 Å². The lowest BCUT2D eigenvalue weighted by molar-refractivity contribution is -0.135. The van der Waals surface area contributed by atoms with E-state index in [0.29, 0.717) is 30.7 Å². The first-order valence-corrected chi connectivity index (χ1v) is 10.2. The average Bonchev–Trinajstić information content (AvgIpc) is 3.14. The zero-order valence-electron chi connectivity index (χ0n) is 17.6. The predicted molar refractivity (Wildman–Crippen MR) is 111 cm³/mol. The predicted octanol–water partition coefficient (Wildman–Crippen LogP) is 2.33. The van der Waals surface area contributed by atoms with Gasteiger partial charge in [-0.25, -0.2) is 4.79 Å². The summed E-state index contributed by atoms with van der Waals surface area (Å²) in [5.41, 5.74) is 3.46. The van der Waals surface area contributed by atoms with Crippen molar-refractivity contribution in [3.05, 3.63) is 29.3 Å². The highest BCUT2D eigenvalue weighted by atomic mass is 16.5. The lowest BCUT2D eigenvalue weighted by atomic mass is 9.81. The molecule has 28 heavy (non-hydrogen) atoms. The lowest BCUT2D eigenvalue weighted by Crippen LogP contribution is -2.41. The summed E-state index contributed by atoms with van der Waals surface area (Å²) in [6, 6.07) is 6.46. The van der Waals surface area contributed by atoms with Gasteiger partial charge in [-0.2, -0.15) is 0 Å². The molecule has 1 aliphatic heterocycles. The lowest BCUT2D eigenvalue weighted by Gasteiger charge is -2.26. The minimum atomic E-state index is -0.494. The van der Waals surface area contributed by atoms with Gasteiger partial charge in [-0.1, -0.05) is 51.4 Å². The van der Waals surface area contributed by atoms with E-state index >= 15 is 0 Å². The van der Waals surface area contributed by atoms with Crippen LogP contribution in [-0.4, -0.2) is 51.5 Å². The number of nitrogens with one attached hydrogen (secondary N) is 1. The zero-order chi connectivity index (χ0) is 20.6. The van der Waals surface area contributed by atoms with Crippen molar-refractivity contribution in [1.29, 1.82) is 0 Å². The summed E-state index contributed by atoms with van der Waals surface area (Å²) >= 11 is 0. The molecule has 1 saturated carbocycles. The molecule has 150 valence electrons. The summed E-state index contributed by atoms with van der Waals surface area (Å²) in [6.07, 6.45) is 0.203. The van der Waals surface area contributed by atoms with Crippen molar-refractivity contribution < 1.29 is 14.3 Å². The van der Waals surface area contributed by atoms with E-state index in [1.54, 1.807) is 0 Å². The SMILES string of the molecule is [B]c1cc(C2[C@H]3CN(C(=O)[C@H](CC)CNC(=O)OC)C[C@@H]23)cc(C(C)(C)C)c1. The number of fused-ring (bicyclic) bond motifs is 1. The van der Waals surface area contributed by atoms with E-state index in [1.165, 1.54) is 18.2 Å². The van der Waals surface area contributed by atoms with E-state index in [-0.39, 0.29) is 17.2 Å². The first kappa shape index (κ1) is 20.8. The molecule has 1 aromatic carbocycles. The fraction of sp³-hybridized carbons (Fsp3) is 0.636. The molecule has 1 heterocycles. The normalized spacial score (nSPS) is 24.5. The Balaban J connectivity index is 1.61. The number of carbonyl (C=O) groups is 2. The first-order valence-electron chi connectivity index (χ1n) is 10.2. The molecule has 5 nitrogen and oxygen atoms in total. The summed E-state index contributed by atoms with van der Waals surface area (Å²) in [4.78, 5) is 26.1. The molecule has 2 amide bonds. The molecule has 2 radical (unpaired) electrons. The summed E-state index contributed by atoms with van der Waals surface area (Å²) < 4.78 is 4.60. The van der Waals surface area contributed by atoms with E-state index < -0.39 is 6.09 Å². The van der Waals surface area contributed by atoms with Gasteiger partial charge in [0.2, 0.25) is 5.91 Å². The quantitative estimate of drug-likeness (QED) is 0.796. The Labute approximate surface area is 169 Å². The standard InChI is InChI=1S/C22H31BN2O3/c1-6-13(10-24-21(27)28-5)20(26)25-11-17-18(12-25)19(17)14-7-15(22(2,3)4)9-16(23)8-14/h7-9,13,17-19H,6,10-12H2,1-5H3,(H,24,27)/t13-,17-,18+,19?/m1/s1. The van der Waals surface area contributed by atoms with Crippen LogP contribution in [0.2, 0.25) is 0 Å². The summed E-state index contributed by atoms with van der Waals surface area (Å²) in [7, 11) is 7.49. The molecule has 2 aliphatic rings. The molecule has 3 rings (SSSR count). The van der Waals surface area contributed by atoms with Gasteiger partial charge in [0.05, 0.1) is 13.0 Å². The Morgan fingerprint density at radius 2 is 1.89 bits per heavy atom. The van der Waals surface area contributed by atoms with Gasteiger partial charge in [-0.05, 0) is 40.7 Å². The number of carbonyl (C=O) groups excluding carboxylic acids is 2. The van der Waals surface area contributed by atoms with Crippen LogP contribution >= 0.6 is 0 Å². The van der Waals surface area contributed by atoms with Crippen molar-refractivity contribution in [2.45, 2.75) is 45.4 Å². The minimum absolute atomic E-state index is 0.0666. The minimum Gasteiger partial charge on any atom is -0.453 e. The molecule has 0 bridgehead atoms. The number of alkyl carbamates (subject to hydrolysis) is 1. The number of rotatable bonds is 5. The topological polar surface area (TPSA) is 58.6 Å². The molecule has 1 saturated heterocycles. The third kappa shape index (κ3) is 4.21. The van der Waals surface area contributed by atoms with Crippen LogP contribution < -0.4 is 10.8 Å². The highest BCUT2D eigenvalue weighted by molar-refractivity contribution is 6.32. The maximum absolute atomic E-state index is 12.8. The Kier molecular flexibility index (Phi) is 5.78. The first-order chi connectivity index (χ1) is 13.2. The number of ether oxygens (including phenoxy) is 1. The van der Waals surface area contributed by atoms with Crippen LogP contribution in [0, 0.1) is 17.8 Å². The van der Waals surface area contributed by atoms with E-state index in [2.05, 4.69) is 49.0 Å². The molecule has 2 fully saturated rings. The van der Waals surface area contributed by atoms with Crippen molar-refractivity contribution in [3.8, 4) is 0 Å². The number of amides is 2. The van der Waals surface area contributed by atoms with Crippen LogP contribution in [0.1, 0.15) is 51.2 Å². The van der Waals surface area contributed by atoms with Crippen LogP contribution in [0.4, 0.5) is 4.79 Å². The number of hydrogen-bond acceptors (Lipinski definition) is 3. The molecule has 1 unspecified atom stereocenters. The van der Waals surface area contributed by atoms with Gasteiger partial charge in [-0.3, -0.25) is 4.79 Å². The number of hydrogen-bond donors (Lipinski definition) is 1. The maximum Gasteiger partial charge on any atom is 0.406 e. The zero-order valence-corrected chi connectivity index (χ0v) is 17.6. The molecule has 1 N–H and O–H groups in total. The molecule has 1 aromatic rings. The number of nitrogens with zero attached hydrogens (tertiary/aromatic N) is 1. The van der Waals surface area contributed by atoms with Gasteiger partial charge in [-0.15, -0.1) is 0 Å². The molecular formula is C22H31BN2O3. The smallest absolute Gasteiger partial charge is 0.406 e. The van der Waals surface area contributed by atoms with Crippen LogP contribution in [0.5, 0.6) is 0 Å². The summed E-state index contributed by atoms with van der Waals surface area (Å²) in [5.74, 6) is 1.47. The highest BCUT2D eigenvalue weighted by Crippen LogP contribution is 2.58. The molecular weight excluding hydrogens is 351 g/mol. The third-order valence-corrected chi connectivity index (χ3v) is 6.25. The Morgan fingerprint density at radius 1 is 1.25 bits per heavy atom. The number of piperidine rings is 1. The van der Waals surface area contributed by atoms with E-state index in [0.717, 1.165) is 18.6 Å². The van der Waals surface area contributed by atoms with Crippen molar-refractivity contribution in [1.82, 2.24) is 10.2 Å². The molecule has 1 aliphatic carbocycles. The van der Waals surface area contributed by atoms with Gasteiger partial charge in [0.25, 0.3) is 0 Å². The summed E-state index contributed by atoms with van der Waals surface area (Å²) in [5, 5.41) is 2.65. The van der Waals surface area contributed by atoms with Gasteiger partial charge in [0.15, 0.2) is 0 Å². The van der Waals surface area contributed by atoms with E-state index in [9.17, 15) is 9.59 Å². The van der Waals surface area contributed by atoms with Gasteiger partial charge < -0.3 is 15.0 Å². The molecule has 0 aromatic heterocycles. The second-order valence-electron chi connectivity index (χ2n) is 9.21. The van der Waals surface area contributed by atoms with Crippen molar-refractivity contribution in [3.63, 3.8) is 0 Å². The van der Waals surface area contributed by atoms with Crippen LogP contribution in [0.3, 0.4) is 0 Å². The Bertz CT molecular complexity index is 747. The Morgan fingerprint density at radius 3 is 2.43 bits per heavy atom. The number of benzene rings is 1. The van der Waals surface area contributed by atoms with Crippen LogP contribution in [0.15, 0.2) is 18.2 Å². The largest absolute Gasteiger partial charge is 0.453 e. The van der Waals surface area contributed by atoms with E-state index in [1.807, 2.05) is 11.8 Å². The monoisotopic (exact) mass is 382 g/mol. The molecule has 4 atom stereocenters. The molecule has 6 heteroatoms. The summed E-state index contributed by atoms with van der Waals surface area (Å²) in [6.45, 7) is 10.5.